The van der Waals surface area contributed by atoms with Crippen molar-refractivity contribution >= 4 is 16.8 Å². The van der Waals surface area contributed by atoms with Gasteiger partial charge in [-0.25, -0.2) is 0 Å². The van der Waals surface area contributed by atoms with Crippen LogP contribution in [0.4, 0.5) is 0 Å². The molecular formula is C13H17ClO3. The van der Waals surface area contributed by atoms with E-state index in [-0.39, 0.29) is 0 Å². The molecule has 0 amide bonds. The molecule has 0 atom stereocenters. The van der Waals surface area contributed by atoms with Crippen LogP contribution in [0, 0.1) is 0 Å². The maximum Gasteiger partial charge on any atom is 0.252 e. The van der Waals surface area contributed by atoms with E-state index in [4.69, 9.17) is 21.1 Å². The third kappa shape index (κ3) is 4.27. The number of carbonyl (C=O) groups is 1. The van der Waals surface area contributed by atoms with Crippen LogP contribution in [0.3, 0.4) is 0 Å². The topological polar surface area (TPSA) is 35.5 Å². The average molecular weight is 257 g/mol. The van der Waals surface area contributed by atoms with Crippen LogP contribution in [-0.2, 0) is 0 Å². The van der Waals surface area contributed by atoms with Crippen molar-refractivity contribution < 1.29 is 14.3 Å². The van der Waals surface area contributed by atoms with Gasteiger partial charge < -0.3 is 9.47 Å². The first kappa shape index (κ1) is 13.8. The van der Waals surface area contributed by atoms with Crippen LogP contribution in [0.15, 0.2) is 18.2 Å². The van der Waals surface area contributed by atoms with Gasteiger partial charge >= 0.3 is 0 Å². The Kier molecular flexibility index (Phi) is 5.84. The van der Waals surface area contributed by atoms with E-state index >= 15 is 0 Å². The molecule has 0 aliphatic carbocycles. The Labute approximate surface area is 107 Å². The lowest BCUT2D eigenvalue weighted by atomic mass is 10.2. The zero-order valence-corrected chi connectivity index (χ0v) is 10.9. The summed E-state index contributed by atoms with van der Waals surface area (Å²) in [5.74, 6) is 1.22. The fraction of sp³-hybridized carbons (Fsp3) is 0.462. The molecule has 94 valence electrons. The molecule has 0 aliphatic heterocycles. The number of carbonyl (C=O) groups excluding carboxylic acids is 1. The maximum absolute atomic E-state index is 11.0. The molecule has 1 aromatic rings. The molecule has 4 heteroatoms. The molecule has 17 heavy (non-hydrogen) atoms. The highest BCUT2D eigenvalue weighted by Gasteiger charge is 2.09. The van der Waals surface area contributed by atoms with Crippen LogP contribution in [0.5, 0.6) is 11.5 Å². The van der Waals surface area contributed by atoms with Gasteiger partial charge in [0.05, 0.1) is 13.2 Å². The summed E-state index contributed by atoms with van der Waals surface area (Å²) in [5.41, 5.74) is 0.415. The minimum absolute atomic E-state index is 0.415. The number of benzene rings is 1. The van der Waals surface area contributed by atoms with Crippen molar-refractivity contribution in [2.24, 2.45) is 0 Å². The fourth-order valence-electron chi connectivity index (χ4n) is 1.34. The van der Waals surface area contributed by atoms with Gasteiger partial charge in [-0.15, -0.1) is 0 Å². The molecule has 0 fully saturated rings. The largest absolute Gasteiger partial charge is 0.490 e. The number of halogens is 1. The molecule has 0 bridgehead atoms. The minimum atomic E-state index is -0.494. The van der Waals surface area contributed by atoms with Crippen LogP contribution in [-0.4, -0.2) is 18.5 Å². The smallest absolute Gasteiger partial charge is 0.252 e. The van der Waals surface area contributed by atoms with Crippen LogP contribution >= 0.6 is 11.6 Å². The molecule has 1 aromatic carbocycles. The SMILES string of the molecule is CCCCOc1ccc(C(=O)Cl)cc1OCC. The van der Waals surface area contributed by atoms with Gasteiger partial charge in [0, 0.05) is 5.56 Å². The first-order valence-corrected chi connectivity index (χ1v) is 6.16. The van der Waals surface area contributed by atoms with E-state index in [0.717, 1.165) is 12.8 Å². The molecular weight excluding hydrogens is 240 g/mol. The van der Waals surface area contributed by atoms with Gasteiger partial charge in [0.15, 0.2) is 11.5 Å². The molecule has 3 nitrogen and oxygen atoms in total. The van der Waals surface area contributed by atoms with Gasteiger partial charge in [-0.05, 0) is 43.1 Å². The van der Waals surface area contributed by atoms with Gasteiger partial charge in [0.1, 0.15) is 0 Å². The molecule has 0 aliphatic rings. The van der Waals surface area contributed by atoms with Crippen LogP contribution < -0.4 is 9.47 Å². The van der Waals surface area contributed by atoms with Crippen molar-refractivity contribution in [3.63, 3.8) is 0 Å². The highest BCUT2D eigenvalue weighted by atomic mass is 35.5. The van der Waals surface area contributed by atoms with E-state index in [1.807, 2.05) is 6.92 Å². The molecule has 0 spiro atoms. The molecule has 0 heterocycles. The highest BCUT2D eigenvalue weighted by Crippen LogP contribution is 2.29. The van der Waals surface area contributed by atoms with Gasteiger partial charge in [-0.2, -0.15) is 0 Å². The van der Waals surface area contributed by atoms with Crippen molar-refractivity contribution in [1.29, 1.82) is 0 Å². The Morgan fingerprint density at radius 1 is 1.24 bits per heavy atom. The van der Waals surface area contributed by atoms with E-state index in [2.05, 4.69) is 6.92 Å². The summed E-state index contributed by atoms with van der Waals surface area (Å²) >= 11 is 5.42. The Morgan fingerprint density at radius 2 is 2.00 bits per heavy atom. The number of unbranched alkanes of at least 4 members (excludes halogenated alkanes) is 1. The number of ether oxygens (including phenoxy) is 2. The first-order chi connectivity index (χ1) is 8.19. The molecule has 0 saturated carbocycles. The second-order valence-electron chi connectivity index (χ2n) is 3.57. The van der Waals surface area contributed by atoms with Crippen molar-refractivity contribution in [2.75, 3.05) is 13.2 Å². The lowest BCUT2D eigenvalue weighted by Crippen LogP contribution is -2.02. The predicted molar refractivity (Wildman–Crippen MR) is 68.2 cm³/mol. The molecule has 0 unspecified atom stereocenters. The van der Waals surface area contributed by atoms with E-state index in [9.17, 15) is 4.79 Å². The third-order valence-electron chi connectivity index (χ3n) is 2.23. The average Bonchev–Trinajstić information content (AvgIpc) is 2.31. The Bertz CT molecular complexity index is 377. The van der Waals surface area contributed by atoms with Gasteiger partial charge in [0.25, 0.3) is 5.24 Å². The van der Waals surface area contributed by atoms with E-state index in [0.29, 0.717) is 30.3 Å². The van der Waals surface area contributed by atoms with Crippen molar-refractivity contribution in [3.05, 3.63) is 23.8 Å². The molecule has 0 N–H and O–H groups in total. The number of rotatable bonds is 7. The van der Waals surface area contributed by atoms with Gasteiger partial charge in [-0.1, -0.05) is 13.3 Å². The third-order valence-corrected chi connectivity index (χ3v) is 2.44. The standard InChI is InChI=1S/C13H17ClO3/c1-3-5-8-17-11-7-6-10(13(14)15)9-12(11)16-4-2/h6-7,9H,3-5,8H2,1-2H3. The van der Waals surface area contributed by atoms with Crippen molar-refractivity contribution in [2.45, 2.75) is 26.7 Å². The van der Waals surface area contributed by atoms with E-state index in [1.54, 1.807) is 18.2 Å². The monoisotopic (exact) mass is 256 g/mol. The molecule has 1 rings (SSSR count). The second kappa shape index (κ2) is 7.17. The summed E-state index contributed by atoms with van der Waals surface area (Å²) in [6.07, 6.45) is 2.06. The summed E-state index contributed by atoms with van der Waals surface area (Å²) in [4.78, 5) is 11.0. The number of hydrogen-bond acceptors (Lipinski definition) is 3. The summed E-state index contributed by atoms with van der Waals surface area (Å²) in [6.45, 7) is 5.14. The van der Waals surface area contributed by atoms with E-state index < -0.39 is 5.24 Å². The second-order valence-corrected chi connectivity index (χ2v) is 3.91. The molecule has 0 saturated heterocycles. The summed E-state index contributed by atoms with van der Waals surface area (Å²) in [6, 6.07) is 4.97. The number of hydrogen-bond donors (Lipinski definition) is 0. The molecule has 0 radical (unpaired) electrons. The van der Waals surface area contributed by atoms with E-state index in [1.165, 1.54) is 0 Å². The Balaban J connectivity index is 2.83. The first-order valence-electron chi connectivity index (χ1n) is 5.78. The van der Waals surface area contributed by atoms with Crippen LogP contribution in [0.25, 0.3) is 0 Å². The normalized spacial score (nSPS) is 10.1. The Morgan fingerprint density at radius 3 is 2.59 bits per heavy atom. The Hall–Kier alpha value is -1.22. The quantitative estimate of drug-likeness (QED) is 0.552. The zero-order chi connectivity index (χ0) is 12.7. The zero-order valence-electron chi connectivity index (χ0n) is 10.2. The van der Waals surface area contributed by atoms with Gasteiger partial charge in [-0.3, -0.25) is 4.79 Å². The van der Waals surface area contributed by atoms with Crippen LogP contribution in [0.1, 0.15) is 37.0 Å². The lowest BCUT2D eigenvalue weighted by Gasteiger charge is -2.12. The summed E-state index contributed by atoms with van der Waals surface area (Å²) in [5, 5.41) is -0.494. The lowest BCUT2D eigenvalue weighted by molar-refractivity contribution is 0.108. The van der Waals surface area contributed by atoms with Crippen molar-refractivity contribution in [1.82, 2.24) is 0 Å². The van der Waals surface area contributed by atoms with Crippen LogP contribution in [0.2, 0.25) is 0 Å². The van der Waals surface area contributed by atoms with Gasteiger partial charge in [0.2, 0.25) is 0 Å². The fourth-order valence-corrected chi connectivity index (χ4v) is 1.46. The highest BCUT2D eigenvalue weighted by molar-refractivity contribution is 6.67. The molecule has 0 aromatic heterocycles. The van der Waals surface area contributed by atoms with Crippen molar-refractivity contribution in [3.8, 4) is 11.5 Å². The summed E-state index contributed by atoms with van der Waals surface area (Å²) < 4.78 is 11.0. The minimum Gasteiger partial charge on any atom is -0.490 e. The maximum atomic E-state index is 11.0. The summed E-state index contributed by atoms with van der Waals surface area (Å²) in [7, 11) is 0. The predicted octanol–water partition coefficient (Wildman–Crippen LogP) is 3.64.